The lowest BCUT2D eigenvalue weighted by molar-refractivity contribution is 0.0526. The molecule has 0 amide bonds. The van der Waals surface area contributed by atoms with Crippen LogP contribution in [0.2, 0.25) is 0 Å². The summed E-state index contributed by atoms with van der Waals surface area (Å²) in [6.07, 6.45) is 1.66. The van der Waals surface area contributed by atoms with Gasteiger partial charge in [-0.05, 0) is 42.0 Å². The van der Waals surface area contributed by atoms with Gasteiger partial charge in [-0.1, -0.05) is 30.3 Å². The molecule has 0 unspecified atom stereocenters. The van der Waals surface area contributed by atoms with E-state index >= 15 is 0 Å². The number of morpholine rings is 1. The number of ether oxygens (including phenoxy) is 2. The maximum atomic E-state index is 12.2. The van der Waals surface area contributed by atoms with Crippen LogP contribution in [0.1, 0.15) is 22.8 Å². The summed E-state index contributed by atoms with van der Waals surface area (Å²) in [4.78, 5) is 19.1. The quantitative estimate of drug-likeness (QED) is 0.507. The first-order valence-electron chi connectivity index (χ1n) is 10.1. The van der Waals surface area contributed by atoms with Gasteiger partial charge in [0.2, 0.25) is 0 Å². The predicted molar refractivity (Wildman–Crippen MR) is 118 cm³/mol. The number of hydrogen-bond donors (Lipinski definition) is 1. The highest BCUT2D eigenvalue weighted by molar-refractivity contribution is 6.03. The second-order valence-electron chi connectivity index (χ2n) is 7.00. The maximum Gasteiger partial charge on any atom is 0.338 e. The third-order valence-corrected chi connectivity index (χ3v) is 5.12. The molecule has 3 aromatic rings. The van der Waals surface area contributed by atoms with Gasteiger partial charge in [0, 0.05) is 24.9 Å². The molecule has 0 radical (unpaired) electrons. The third kappa shape index (κ3) is 4.14. The van der Waals surface area contributed by atoms with E-state index in [4.69, 9.17) is 14.5 Å². The standard InChI is InChI=1S/C24H24N2O4/c1-2-30-24(28)18-7-9-22(26-11-13-29-14-12-26)21(15-18)25-16-20-19-6-4-3-5-17(19)8-10-23(20)27/h3-10,15-16,27H,2,11-14H2,1H3. The van der Waals surface area contributed by atoms with Crippen LogP contribution in [0.15, 0.2) is 59.6 Å². The summed E-state index contributed by atoms with van der Waals surface area (Å²) in [5.41, 5.74) is 2.66. The Balaban J connectivity index is 1.77. The maximum absolute atomic E-state index is 12.2. The molecule has 154 valence electrons. The number of anilines is 1. The lowest BCUT2D eigenvalue weighted by atomic mass is 10.0. The van der Waals surface area contributed by atoms with Crippen LogP contribution >= 0.6 is 0 Å². The number of carbonyl (C=O) groups is 1. The lowest BCUT2D eigenvalue weighted by Gasteiger charge is -2.30. The Labute approximate surface area is 175 Å². The van der Waals surface area contributed by atoms with Gasteiger partial charge in [-0.25, -0.2) is 4.79 Å². The summed E-state index contributed by atoms with van der Waals surface area (Å²) in [6.45, 7) is 4.89. The molecule has 3 aromatic carbocycles. The van der Waals surface area contributed by atoms with Crippen molar-refractivity contribution >= 4 is 34.3 Å². The largest absolute Gasteiger partial charge is 0.507 e. The van der Waals surface area contributed by atoms with Crippen molar-refractivity contribution in [2.24, 2.45) is 4.99 Å². The fourth-order valence-electron chi connectivity index (χ4n) is 3.59. The van der Waals surface area contributed by atoms with E-state index in [9.17, 15) is 9.90 Å². The number of benzene rings is 3. The predicted octanol–water partition coefficient (Wildman–Crippen LogP) is 4.31. The number of rotatable bonds is 5. The minimum absolute atomic E-state index is 0.159. The second kappa shape index (κ2) is 8.97. The molecule has 6 heteroatoms. The van der Waals surface area contributed by atoms with Crippen LogP contribution in [-0.4, -0.2) is 50.2 Å². The molecule has 0 spiro atoms. The first-order chi connectivity index (χ1) is 14.7. The molecule has 1 N–H and O–H groups in total. The third-order valence-electron chi connectivity index (χ3n) is 5.12. The number of phenolic OH excluding ortho intramolecular Hbond substituents is 1. The topological polar surface area (TPSA) is 71.4 Å². The van der Waals surface area contributed by atoms with Gasteiger partial charge >= 0.3 is 5.97 Å². The Bertz CT molecular complexity index is 1090. The molecule has 1 aliphatic heterocycles. The first kappa shape index (κ1) is 19.9. The zero-order valence-electron chi connectivity index (χ0n) is 16.9. The molecule has 1 aliphatic rings. The number of esters is 1. The monoisotopic (exact) mass is 404 g/mol. The molecular weight excluding hydrogens is 380 g/mol. The van der Waals surface area contributed by atoms with E-state index in [1.165, 1.54) is 0 Å². The Kier molecular flexibility index (Phi) is 5.95. The molecule has 0 bridgehead atoms. The number of aliphatic imine (C=N–C) groups is 1. The van der Waals surface area contributed by atoms with Crippen molar-refractivity contribution in [3.63, 3.8) is 0 Å². The van der Waals surface area contributed by atoms with Gasteiger partial charge in [-0.15, -0.1) is 0 Å². The summed E-state index contributed by atoms with van der Waals surface area (Å²) in [5.74, 6) is -0.220. The van der Waals surface area contributed by atoms with Crippen LogP contribution < -0.4 is 4.90 Å². The molecule has 0 aromatic heterocycles. The van der Waals surface area contributed by atoms with E-state index in [-0.39, 0.29) is 11.7 Å². The van der Waals surface area contributed by atoms with Crippen molar-refractivity contribution < 1.29 is 19.4 Å². The summed E-state index contributed by atoms with van der Waals surface area (Å²) in [5, 5.41) is 12.4. The highest BCUT2D eigenvalue weighted by Crippen LogP contribution is 2.32. The average Bonchev–Trinajstić information content (AvgIpc) is 2.79. The van der Waals surface area contributed by atoms with Crippen LogP contribution in [0, 0.1) is 0 Å². The molecule has 0 aliphatic carbocycles. The molecular formula is C24H24N2O4. The molecule has 0 saturated carbocycles. The molecule has 0 atom stereocenters. The van der Waals surface area contributed by atoms with Gasteiger partial charge in [-0.2, -0.15) is 0 Å². The van der Waals surface area contributed by atoms with Gasteiger partial charge in [-0.3, -0.25) is 4.99 Å². The van der Waals surface area contributed by atoms with Crippen LogP contribution in [0.3, 0.4) is 0 Å². The molecule has 1 saturated heterocycles. The van der Waals surface area contributed by atoms with E-state index in [0.717, 1.165) is 29.5 Å². The summed E-state index contributed by atoms with van der Waals surface area (Å²) in [6, 6.07) is 16.8. The zero-order valence-corrected chi connectivity index (χ0v) is 16.9. The van der Waals surface area contributed by atoms with E-state index in [2.05, 4.69) is 4.90 Å². The fraction of sp³-hybridized carbons (Fsp3) is 0.250. The van der Waals surface area contributed by atoms with Gasteiger partial charge in [0.05, 0.1) is 36.8 Å². The van der Waals surface area contributed by atoms with E-state index in [0.29, 0.717) is 36.6 Å². The zero-order chi connectivity index (χ0) is 20.9. The van der Waals surface area contributed by atoms with Gasteiger partial charge in [0.1, 0.15) is 5.75 Å². The van der Waals surface area contributed by atoms with E-state index in [1.54, 1.807) is 31.3 Å². The smallest absolute Gasteiger partial charge is 0.338 e. The van der Waals surface area contributed by atoms with E-state index < -0.39 is 0 Å². The van der Waals surface area contributed by atoms with Crippen molar-refractivity contribution in [2.45, 2.75) is 6.92 Å². The Morgan fingerprint density at radius 3 is 2.77 bits per heavy atom. The van der Waals surface area contributed by atoms with Crippen molar-refractivity contribution in [3.8, 4) is 5.75 Å². The summed E-state index contributed by atoms with van der Waals surface area (Å²) < 4.78 is 10.6. The Morgan fingerprint density at radius 2 is 1.97 bits per heavy atom. The number of aromatic hydroxyl groups is 1. The Hall–Kier alpha value is -3.38. The van der Waals surface area contributed by atoms with Crippen LogP contribution in [-0.2, 0) is 9.47 Å². The van der Waals surface area contributed by atoms with Crippen molar-refractivity contribution in [2.75, 3.05) is 37.8 Å². The second-order valence-corrected chi connectivity index (χ2v) is 7.00. The minimum atomic E-state index is -0.379. The number of fused-ring (bicyclic) bond motifs is 1. The van der Waals surface area contributed by atoms with Crippen molar-refractivity contribution in [1.29, 1.82) is 0 Å². The number of carbonyl (C=O) groups excluding carboxylic acids is 1. The lowest BCUT2D eigenvalue weighted by Crippen LogP contribution is -2.36. The fourth-order valence-corrected chi connectivity index (χ4v) is 3.59. The SMILES string of the molecule is CCOC(=O)c1ccc(N2CCOCC2)c(N=Cc2c(O)ccc3ccccc23)c1. The van der Waals surface area contributed by atoms with Crippen LogP contribution in [0.5, 0.6) is 5.75 Å². The summed E-state index contributed by atoms with van der Waals surface area (Å²) >= 11 is 0. The first-order valence-corrected chi connectivity index (χ1v) is 10.1. The molecule has 30 heavy (non-hydrogen) atoms. The van der Waals surface area contributed by atoms with Crippen LogP contribution in [0.4, 0.5) is 11.4 Å². The molecule has 1 heterocycles. The van der Waals surface area contributed by atoms with E-state index in [1.807, 2.05) is 36.4 Å². The molecule has 4 rings (SSSR count). The van der Waals surface area contributed by atoms with Gasteiger partial charge in [0.15, 0.2) is 0 Å². The number of phenols is 1. The average molecular weight is 404 g/mol. The van der Waals surface area contributed by atoms with Gasteiger partial charge < -0.3 is 19.5 Å². The van der Waals surface area contributed by atoms with Crippen molar-refractivity contribution in [1.82, 2.24) is 0 Å². The summed E-state index contributed by atoms with van der Waals surface area (Å²) in [7, 11) is 0. The minimum Gasteiger partial charge on any atom is -0.507 e. The normalized spacial score (nSPS) is 14.4. The molecule has 6 nitrogen and oxygen atoms in total. The number of nitrogens with zero attached hydrogens (tertiary/aromatic N) is 2. The van der Waals surface area contributed by atoms with Crippen LogP contribution in [0.25, 0.3) is 10.8 Å². The molecule has 1 fully saturated rings. The number of hydrogen-bond acceptors (Lipinski definition) is 6. The highest BCUT2D eigenvalue weighted by atomic mass is 16.5. The Morgan fingerprint density at radius 1 is 1.17 bits per heavy atom. The highest BCUT2D eigenvalue weighted by Gasteiger charge is 2.17. The van der Waals surface area contributed by atoms with Crippen molar-refractivity contribution in [3.05, 3.63) is 65.7 Å². The van der Waals surface area contributed by atoms with Gasteiger partial charge in [0.25, 0.3) is 0 Å².